The summed E-state index contributed by atoms with van der Waals surface area (Å²) in [7, 11) is 0. The van der Waals surface area contributed by atoms with Crippen molar-refractivity contribution < 1.29 is 28.7 Å². The van der Waals surface area contributed by atoms with E-state index in [1.54, 1.807) is 48.5 Å². The van der Waals surface area contributed by atoms with Crippen LogP contribution < -0.4 is 0 Å². The largest absolute Gasteiger partial charge is 0.419 e. The Morgan fingerprint density at radius 2 is 1.10 bits per heavy atom. The third-order valence-corrected chi connectivity index (χ3v) is 6.76. The molecule has 0 bridgehead atoms. The van der Waals surface area contributed by atoms with Crippen molar-refractivity contribution in [3.05, 3.63) is 94.0 Å². The summed E-state index contributed by atoms with van der Waals surface area (Å²) in [5, 5.41) is 0. The predicted octanol–water partition coefficient (Wildman–Crippen LogP) is 7.53. The number of ether oxygens (including phenoxy) is 2. The van der Waals surface area contributed by atoms with E-state index in [0.717, 1.165) is 36.5 Å². The number of carbonyl (C=O) groups is 4. The van der Waals surface area contributed by atoms with Gasteiger partial charge in [-0.3, -0.25) is 9.59 Å². The number of ketones is 2. The van der Waals surface area contributed by atoms with Crippen molar-refractivity contribution in [2.75, 3.05) is 0 Å². The van der Waals surface area contributed by atoms with Gasteiger partial charge in [-0.2, -0.15) is 0 Å². The zero-order valence-corrected chi connectivity index (χ0v) is 23.2. The van der Waals surface area contributed by atoms with Crippen LogP contribution in [0.4, 0.5) is 0 Å². The molecule has 0 radical (unpaired) electrons. The Hall–Kier alpha value is -3.80. The average molecular weight is 531 g/mol. The van der Waals surface area contributed by atoms with Crippen molar-refractivity contribution in [2.24, 2.45) is 0 Å². The summed E-state index contributed by atoms with van der Waals surface area (Å²) < 4.78 is 10.8. The SMILES string of the molecule is CCCCCCCCCCCC1=C(OC(=O)c2ccc(C)cc2)C(=O)C=C(OC(=O)c2ccc(C)cc2)C1=O. The molecule has 0 aliphatic heterocycles. The Morgan fingerprint density at radius 1 is 0.641 bits per heavy atom. The molecule has 0 heterocycles. The molecule has 39 heavy (non-hydrogen) atoms. The van der Waals surface area contributed by atoms with E-state index in [2.05, 4.69) is 6.92 Å². The molecule has 0 N–H and O–H groups in total. The smallest absolute Gasteiger partial charge is 0.343 e. The third kappa shape index (κ3) is 8.88. The monoisotopic (exact) mass is 530 g/mol. The molecule has 0 spiro atoms. The topological polar surface area (TPSA) is 86.7 Å². The van der Waals surface area contributed by atoms with E-state index in [-0.39, 0.29) is 34.6 Å². The predicted molar refractivity (Wildman–Crippen MR) is 150 cm³/mol. The molecule has 0 fully saturated rings. The van der Waals surface area contributed by atoms with E-state index >= 15 is 0 Å². The van der Waals surface area contributed by atoms with Gasteiger partial charge in [-0.15, -0.1) is 0 Å². The zero-order chi connectivity index (χ0) is 28.2. The summed E-state index contributed by atoms with van der Waals surface area (Å²) >= 11 is 0. The maximum atomic E-state index is 13.4. The lowest BCUT2D eigenvalue weighted by molar-refractivity contribution is -0.119. The molecule has 2 aromatic carbocycles. The van der Waals surface area contributed by atoms with E-state index in [0.29, 0.717) is 6.42 Å². The van der Waals surface area contributed by atoms with Crippen LogP contribution in [0.2, 0.25) is 0 Å². The van der Waals surface area contributed by atoms with Crippen LogP contribution in [0.5, 0.6) is 0 Å². The standard InChI is InChI=1S/C33H38O6/c1-4-5-6-7-8-9-10-11-12-13-27-30(35)29(38-32(36)25-18-14-23(2)15-19-25)22-28(34)31(27)39-33(37)26-20-16-24(3)17-21-26/h14-22H,4-13H2,1-3H3. The van der Waals surface area contributed by atoms with Gasteiger partial charge in [0.2, 0.25) is 11.6 Å². The highest BCUT2D eigenvalue weighted by molar-refractivity contribution is 6.22. The number of benzene rings is 2. The third-order valence-electron chi connectivity index (χ3n) is 6.76. The minimum absolute atomic E-state index is 0.0672. The number of rotatable bonds is 14. The Kier molecular flexibility index (Phi) is 11.4. The van der Waals surface area contributed by atoms with Gasteiger partial charge in [0.15, 0.2) is 11.5 Å². The molecule has 3 rings (SSSR count). The lowest BCUT2D eigenvalue weighted by Gasteiger charge is -2.18. The summed E-state index contributed by atoms with van der Waals surface area (Å²) in [6, 6.07) is 13.5. The fourth-order valence-corrected chi connectivity index (χ4v) is 4.37. The van der Waals surface area contributed by atoms with Crippen LogP contribution in [-0.2, 0) is 19.1 Å². The van der Waals surface area contributed by atoms with Crippen LogP contribution in [0.15, 0.2) is 71.7 Å². The Labute approximate surface area is 231 Å². The number of unbranched alkanes of at least 4 members (excludes halogenated alkanes) is 8. The number of carbonyl (C=O) groups excluding carboxylic acids is 4. The minimum Gasteiger partial charge on any atom is -0.419 e. The molecule has 6 nitrogen and oxygen atoms in total. The second-order valence-corrected chi connectivity index (χ2v) is 10.1. The number of aryl methyl sites for hydroxylation is 2. The summed E-state index contributed by atoms with van der Waals surface area (Å²) in [5.74, 6) is -3.38. The summed E-state index contributed by atoms with van der Waals surface area (Å²) in [6.07, 6.45) is 11.0. The first kappa shape index (κ1) is 29.8. The molecule has 2 aromatic rings. The minimum atomic E-state index is -0.732. The van der Waals surface area contributed by atoms with E-state index in [9.17, 15) is 19.2 Å². The zero-order valence-electron chi connectivity index (χ0n) is 23.2. The van der Waals surface area contributed by atoms with Crippen LogP contribution >= 0.6 is 0 Å². The van der Waals surface area contributed by atoms with Gasteiger partial charge in [-0.1, -0.05) is 93.7 Å². The van der Waals surface area contributed by atoms with Gasteiger partial charge in [0.1, 0.15) is 0 Å². The molecule has 0 aromatic heterocycles. The molecule has 0 saturated carbocycles. The van der Waals surface area contributed by atoms with Crippen molar-refractivity contribution in [1.82, 2.24) is 0 Å². The molecule has 0 atom stereocenters. The van der Waals surface area contributed by atoms with Gasteiger partial charge in [-0.25, -0.2) is 9.59 Å². The number of hydrogen-bond acceptors (Lipinski definition) is 6. The van der Waals surface area contributed by atoms with Crippen molar-refractivity contribution in [2.45, 2.75) is 85.0 Å². The average Bonchev–Trinajstić information content (AvgIpc) is 2.92. The fourth-order valence-electron chi connectivity index (χ4n) is 4.37. The molecule has 6 heteroatoms. The molecular weight excluding hydrogens is 492 g/mol. The number of hydrogen-bond donors (Lipinski definition) is 0. The van der Waals surface area contributed by atoms with E-state index in [1.165, 1.54) is 32.1 Å². The van der Waals surface area contributed by atoms with Crippen molar-refractivity contribution >= 4 is 23.5 Å². The molecule has 0 saturated heterocycles. The first-order valence-electron chi connectivity index (χ1n) is 13.9. The van der Waals surface area contributed by atoms with Crippen molar-refractivity contribution in [3.8, 4) is 0 Å². The first-order chi connectivity index (χ1) is 18.8. The highest BCUT2D eigenvalue weighted by Gasteiger charge is 2.33. The van der Waals surface area contributed by atoms with Crippen LogP contribution in [0.1, 0.15) is 103 Å². The highest BCUT2D eigenvalue weighted by Crippen LogP contribution is 2.27. The second kappa shape index (κ2) is 15.0. The molecule has 1 aliphatic carbocycles. The Balaban J connectivity index is 1.71. The summed E-state index contributed by atoms with van der Waals surface area (Å²) in [6.45, 7) is 5.99. The second-order valence-electron chi connectivity index (χ2n) is 10.1. The van der Waals surface area contributed by atoms with E-state index in [1.807, 2.05) is 13.8 Å². The molecule has 1 aliphatic rings. The van der Waals surface area contributed by atoms with Gasteiger partial charge in [0, 0.05) is 6.08 Å². The number of Topliss-reactive ketones (excluding diaryl/α,β-unsaturated/α-hetero) is 1. The van der Waals surface area contributed by atoms with Gasteiger partial charge in [-0.05, 0) is 51.0 Å². The van der Waals surface area contributed by atoms with E-state index < -0.39 is 23.5 Å². The fraction of sp³-hybridized carbons (Fsp3) is 0.394. The highest BCUT2D eigenvalue weighted by atomic mass is 16.5. The quantitative estimate of drug-likeness (QED) is 0.143. The number of allylic oxidation sites excluding steroid dienone is 2. The summed E-state index contributed by atoms with van der Waals surface area (Å²) in [4.78, 5) is 51.9. The van der Waals surface area contributed by atoms with Gasteiger partial charge < -0.3 is 9.47 Å². The maximum absolute atomic E-state index is 13.4. The maximum Gasteiger partial charge on any atom is 0.343 e. The van der Waals surface area contributed by atoms with Crippen molar-refractivity contribution in [1.29, 1.82) is 0 Å². The van der Waals surface area contributed by atoms with Crippen LogP contribution in [0.3, 0.4) is 0 Å². The van der Waals surface area contributed by atoms with Crippen LogP contribution in [0.25, 0.3) is 0 Å². The van der Waals surface area contributed by atoms with Crippen LogP contribution in [-0.4, -0.2) is 23.5 Å². The summed E-state index contributed by atoms with van der Waals surface area (Å²) in [5.41, 5.74) is 2.56. The Morgan fingerprint density at radius 3 is 1.62 bits per heavy atom. The van der Waals surface area contributed by atoms with Crippen molar-refractivity contribution in [3.63, 3.8) is 0 Å². The Bertz CT molecular complexity index is 1230. The van der Waals surface area contributed by atoms with Gasteiger partial charge in [0.05, 0.1) is 16.7 Å². The number of esters is 2. The van der Waals surface area contributed by atoms with Gasteiger partial charge in [0.25, 0.3) is 0 Å². The first-order valence-corrected chi connectivity index (χ1v) is 13.9. The normalized spacial score (nSPS) is 13.4. The molecule has 0 amide bonds. The lowest BCUT2D eigenvalue weighted by Crippen LogP contribution is -2.25. The molecule has 206 valence electrons. The molecular formula is C33H38O6. The lowest BCUT2D eigenvalue weighted by atomic mass is 9.94. The van der Waals surface area contributed by atoms with E-state index in [4.69, 9.17) is 9.47 Å². The molecule has 0 unspecified atom stereocenters. The van der Waals surface area contributed by atoms with Gasteiger partial charge >= 0.3 is 11.9 Å². The van der Waals surface area contributed by atoms with Crippen LogP contribution in [0, 0.1) is 13.8 Å².